The fraction of sp³-hybridized carbons (Fsp3) is 0.529. The third-order valence-electron chi connectivity index (χ3n) is 4.24. The molecule has 0 atom stereocenters. The van der Waals surface area contributed by atoms with Crippen LogP contribution in [0.5, 0.6) is 5.75 Å². The molecule has 2 aliphatic rings. The molecule has 0 aromatic heterocycles. The predicted molar refractivity (Wildman–Crippen MR) is 92.7 cm³/mol. The molecular weight excluding hydrogens is 308 g/mol. The molecule has 7 heteroatoms. The van der Waals surface area contributed by atoms with Crippen molar-refractivity contribution in [3.8, 4) is 5.75 Å². The van der Waals surface area contributed by atoms with E-state index in [0.717, 1.165) is 38.3 Å². The van der Waals surface area contributed by atoms with Gasteiger partial charge >= 0.3 is 0 Å². The van der Waals surface area contributed by atoms with E-state index in [0.29, 0.717) is 18.0 Å². The Morgan fingerprint density at radius 3 is 2.88 bits per heavy atom. The molecule has 0 aliphatic carbocycles. The number of nitrogens with one attached hydrogen (secondary N) is 2. The van der Waals surface area contributed by atoms with Crippen LogP contribution in [-0.4, -0.2) is 57.7 Å². The van der Waals surface area contributed by atoms with Gasteiger partial charge in [0.05, 0.1) is 5.69 Å². The van der Waals surface area contributed by atoms with Gasteiger partial charge in [0.2, 0.25) is 5.91 Å². The Morgan fingerprint density at radius 1 is 1.33 bits per heavy atom. The summed E-state index contributed by atoms with van der Waals surface area (Å²) in [5.74, 6) is 0.322. The van der Waals surface area contributed by atoms with Crippen LogP contribution in [-0.2, 0) is 9.59 Å². The molecule has 24 heavy (non-hydrogen) atoms. The van der Waals surface area contributed by atoms with E-state index < -0.39 is 0 Å². The van der Waals surface area contributed by atoms with Crippen LogP contribution in [0.25, 0.3) is 0 Å². The van der Waals surface area contributed by atoms with Crippen LogP contribution in [0, 0.1) is 0 Å². The zero-order valence-corrected chi connectivity index (χ0v) is 14.0. The average Bonchev–Trinajstić information content (AvgIpc) is 2.62. The molecule has 0 saturated carbocycles. The lowest BCUT2D eigenvalue weighted by atomic mass is 10.2. The maximum absolute atomic E-state index is 12.2. The topological polar surface area (TPSA) is 73.9 Å². The number of carbonyl (C=O) groups excluding carboxylic acids is 2. The third-order valence-corrected chi connectivity index (χ3v) is 4.24. The van der Waals surface area contributed by atoms with Crippen LogP contribution in [0.15, 0.2) is 18.2 Å². The van der Waals surface area contributed by atoms with Gasteiger partial charge in [-0.2, -0.15) is 0 Å². The number of hydrogen-bond donors (Lipinski definition) is 2. The summed E-state index contributed by atoms with van der Waals surface area (Å²) in [4.78, 5) is 27.9. The third kappa shape index (κ3) is 3.62. The molecule has 0 bridgehead atoms. The first-order chi connectivity index (χ1) is 11.7. The van der Waals surface area contributed by atoms with Crippen molar-refractivity contribution in [2.75, 3.05) is 55.7 Å². The second-order valence-corrected chi connectivity index (χ2v) is 6.01. The Morgan fingerprint density at radius 2 is 2.12 bits per heavy atom. The number of piperazine rings is 1. The first-order valence-corrected chi connectivity index (χ1v) is 8.48. The molecule has 0 radical (unpaired) electrons. The molecule has 130 valence electrons. The maximum atomic E-state index is 12.2. The minimum atomic E-state index is -0.191. The summed E-state index contributed by atoms with van der Waals surface area (Å²) in [6.07, 6.45) is 0.868. The highest BCUT2D eigenvalue weighted by Crippen LogP contribution is 2.35. The first-order valence-electron chi connectivity index (χ1n) is 8.48. The molecule has 2 heterocycles. The summed E-state index contributed by atoms with van der Waals surface area (Å²) in [6, 6.07) is 5.82. The van der Waals surface area contributed by atoms with Crippen LogP contribution in [0.2, 0.25) is 0 Å². The molecule has 2 amide bonds. The Balaban J connectivity index is 1.77. The summed E-state index contributed by atoms with van der Waals surface area (Å²) in [6.45, 7) is 6.42. The van der Waals surface area contributed by atoms with E-state index in [1.54, 1.807) is 0 Å². The highest BCUT2D eigenvalue weighted by molar-refractivity contribution is 6.02. The smallest absolute Gasteiger partial charge is 0.265 e. The van der Waals surface area contributed by atoms with Gasteiger partial charge in [0.1, 0.15) is 12.3 Å². The molecular formula is C17H24N4O3. The van der Waals surface area contributed by atoms with Crippen LogP contribution >= 0.6 is 0 Å². The fourth-order valence-corrected chi connectivity index (χ4v) is 2.95. The minimum Gasteiger partial charge on any atom is -0.481 e. The second-order valence-electron chi connectivity index (χ2n) is 6.01. The first kappa shape index (κ1) is 16.6. The van der Waals surface area contributed by atoms with Gasteiger partial charge in [0, 0.05) is 44.5 Å². The van der Waals surface area contributed by atoms with Crippen LogP contribution < -0.4 is 25.2 Å². The van der Waals surface area contributed by atoms with Crippen molar-refractivity contribution < 1.29 is 14.3 Å². The zero-order chi connectivity index (χ0) is 16.9. The number of anilines is 2. The number of benzene rings is 1. The SMILES string of the molecule is CCCNC(=O)CN1C(=O)COc2cc(N3CCNCC3)ccc21. The molecule has 1 aromatic rings. The van der Waals surface area contributed by atoms with Crippen molar-refractivity contribution in [2.45, 2.75) is 13.3 Å². The number of nitrogens with zero attached hydrogens (tertiary/aromatic N) is 2. The van der Waals surface area contributed by atoms with Gasteiger partial charge < -0.3 is 20.3 Å². The van der Waals surface area contributed by atoms with E-state index in [1.165, 1.54) is 4.90 Å². The standard InChI is InChI=1S/C17H24N4O3/c1-2-5-19-16(22)11-21-14-4-3-13(20-8-6-18-7-9-20)10-15(14)24-12-17(21)23/h3-4,10,18H,2,5-9,11-12H2,1H3,(H,19,22). The number of ether oxygens (including phenoxy) is 1. The van der Waals surface area contributed by atoms with E-state index in [9.17, 15) is 9.59 Å². The Hall–Kier alpha value is -2.28. The second kappa shape index (κ2) is 7.53. The van der Waals surface area contributed by atoms with Crippen LogP contribution in [0.3, 0.4) is 0 Å². The zero-order valence-electron chi connectivity index (χ0n) is 14.0. The fourth-order valence-electron chi connectivity index (χ4n) is 2.95. The van der Waals surface area contributed by atoms with E-state index >= 15 is 0 Å². The number of amides is 2. The molecule has 1 saturated heterocycles. The monoisotopic (exact) mass is 332 g/mol. The van der Waals surface area contributed by atoms with Gasteiger partial charge in [-0.3, -0.25) is 14.5 Å². The highest BCUT2D eigenvalue weighted by atomic mass is 16.5. The summed E-state index contributed by atoms with van der Waals surface area (Å²) in [7, 11) is 0. The van der Waals surface area contributed by atoms with Crippen molar-refractivity contribution >= 4 is 23.2 Å². The summed E-state index contributed by atoms with van der Waals surface area (Å²) in [5.41, 5.74) is 1.75. The van der Waals surface area contributed by atoms with E-state index in [1.807, 2.05) is 25.1 Å². The van der Waals surface area contributed by atoms with Crippen molar-refractivity contribution in [3.05, 3.63) is 18.2 Å². The maximum Gasteiger partial charge on any atom is 0.265 e. The molecule has 0 spiro atoms. The van der Waals surface area contributed by atoms with E-state index in [4.69, 9.17) is 4.74 Å². The van der Waals surface area contributed by atoms with Gasteiger partial charge in [0.25, 0.3) is 5.91 Å². The molecule has 2 N–H and O–H groups in total. The van der Waals surface area contributed by atoms with Gasteiger partial charge in [-0.05, 0) is 18.6 Å². The lowest BCUT2D eigenvalue weighted by molar-refractivity contribution is -0.125. The van der Waals surface area contributed by atoms with E-state index in [2.05, 4.69) is 15.5 Å². The summed E-state index contributed by atoms with van der Waals surface area (Å²) >= 11 is 0. The van der Waals surface area contributed by atoms with Crippen molar-refractivity contribution in [3.63, 3.8) is 0 Å². The van der Waals surface area contributed by atoms with Gasteiger partial charge in [-0.15, -0.1) is 0 Å². The Kier molecular flexibility index (Phi) is 5.20. The minimum absolute atomic E-state index is 0.0287. The lowest BCUT2D eigenvalue weighted by Gasteiger charge is -2.32. The van der Waals surface area contributed by atoms with Crippen molar-refractivity contribution in [2.24, 2.45) is 0 Å². The van der Waals surface area contributed by atoms with Gasteiger partial charge in [0.15, 0.2) is 6.61 Å². The van der Waals surface area contributed by atoms with Gasteiger partial charge in [-0.1, -0.05) is 6.92 Å². The molecule has 7 nitrogen and oxygen atoms in total. The lowest BCUT2D eigenvalue weighted by Crippen LogP contribution is -2.45. The molecule has 2 aliphatic heterocycles. The molecule has 0 unspecified atom stereocenters. The van der Waals surface area contributed by atoms with Crippen LogP contribution in [0.1, 0.15) is 13.3 Å². The molecule has 3 rings (SSSR count). The average molecular weight is 332 g/mol. The largest absolute Gasteiger partial charge is 0.481 e. The van der Waals surface area contributed by atoms with Crippen molar-refractivity contribution in [1.29, 1.82) is 0 Å². The summed E-state index contributed by atoms with van der Waals surface area (Å²) < 4.78 is 5.59. The van der Waals surface area contributed by atoms with Crippen molar-refractivity contribution in [1.82, 2.24) is 10.6 Å². The highest BCUT2D eigenvalue weighted by Gasteiger charge is 2.28. The number of hydrogen-bond acceptors (Lipinski definition) is 5. The number of rotatable bonds is 5. The Labute approximate surface area is 141 Å². The number of carbonyl (C=O) groups is 2. The quantitative estimate of drug-likeness (QED) is 0.814. The van der Waals surface area contributed by atoms with Gasteiger partial charge in [-0.25, -0.2) is 0 Å². The predicted octanol–water partition coefficient (Wildman–Crippen LogP) is 0.348. The molecule has 1 fully saturated rings. The van der Waals surface area contributed by atoms with E-state index in [-0.39, 0.29) is 25.0 Å². The summed E-state index contributed by atoms with van der Waals surface area (Å²) in [5, 5.41) is 6.13. The number of fused-ring (bicyclic) bond motifs is 1. The van der Waals surface area contributed by atoms with Crippen LogP contribution in [0.4, 0.5) is 11.4 Å². The normalized spacial score (nSPS) is 17.3. The Bertz CT molecular complexity index is 614. The molecule has 1 aromatic carbocycles.